The number of aromatic nitrogens is 2. The lowest BCUT2D eigenvalue weighted by Gasteiger charge is -2.10. The van der Waals surface area contributed by atoms with Gasteiger partial charge in [0, 0.05) is 12.1 Å². The molecule has 0 amide bonds. The highest BCUT2D eigenvalue weighted by Crippen LogP contribution is 2.31. The van der Waals surface area contributed by atoms with Gasteiger partial charge in [0.2, 0.25) is 0 Å². The molecular formula is C13H11ClN2O4. The van der Waals surface area contributed by atoms with Crippen LogP contribution in [0.1, 0.15) is 10.5 Å². The molecule has 1 aromatic heterocycles. The number of rotatable bonds is 4. The monoisotopic (exact) mass is 294 g/mol. The van der Waals surface area contributed by atoms with Crippen LogP contribution in [0.15, 0.2) is 24.3 Å². The zero-order valence-electron chi connectivity index (χ0n) is 10.8. The van der Waals surface area contributed by atoms with E-state index in [0.29, 0.717) is 17.1 Å². The minimum Gasteiger partial charge on any atom is -0.497 e. The molecule has 7 heteroatoms. The molecule has 1 heterocycles. The van der Waals surface area contributed by atoms with E-state index in [1.807, 2.05) is 0 Å². The first-order chi connectivity index (χ1) is 9.55. The van der Waals surface area contributed by atoms with Crippen molar-refractivity contribution >= 4 is 17.6 Å². The fourth-order valence-corrected chi connectivity index (χ4v) is 1.81. The lowest BCUT2D eigenvalue weighted by atomic mass is 10.1. The lowest BCUT2D eigenvalue weighted by molar-refractivity contribution is 0.0690. The van der Waals surface area contributed by atoms with Gasteiger partial charge in [0.1, 0.15) is 16.7 Å². The standard InChI is InChI=1S/C13H11ClN2O4/c1-19-7-3-4-8(10(5-7)20-2)12-15-9(13(17)18)6-11(14)16-12/h3-6H,1-2H3,(H,17,18). The Morgan fingerprint density at radius 3 is 2.55 bits per heavy atom. The van der Waals surface area contributed by atoms with Gasteiger partial charge in [-0.1, -0.05) is 11.6 Å². The van der Waals surface area contributed by atoms with Crippen molar-refractivity contribution in [2.45, 2.75) is 0 Å². The van der Waals surface area contributed by atoms with Crippen molar-refractivity contribution in [3.63, 3.8) is 0 Å². The molecule has 0 bridgehead atoms. The molecule has 20 heavy (non-hydrogen) atoms. The molecule has 0 fully saturated rings. The van der Waals surface area contributed by atoms with Crippen molar-refractivity contribution in [1.82, 2.24) is 9.97 Å². The Labute approximate surface area is 120 Å². The summed E-state index contributed by atoms with van der Waals surface area (Å²) >= 11 is 5.82. The molecule has 0 spiro atoms. The lowest BCUT2D eigenvalue weighted by Crippen LogP contribution is -2.04. The van der Waals surface area contributed by atoms with Crippen LogP contribution >= 0.6 is 11.6 Å². The Bertz CT molecular complexity index is 661. The number of carboxylic acids is 1. The molecule has 0 aliphatic rings. The Balaban J connectivity index is 2.58. The quantitative estimate of drug-likeness (QED) is 0.873. The molecule has 0 aliphatic carbocycles. The molecule has 104 valence electrons. The van der Waals surface area contributed by atoms with E-state index in [-0.39, 0.29) is 16.7 Å². The minimum atomic E-state index is -1.18. The molecule has 0 aliphatic heterocycles. The maximum absolute atomic E-state index is 11.0. The minimum absolute atomic E-state index is 0.0465. The largest absolute Gasteiger partial charge is 0.497 e. The molecule has 1 aromatic carbocycles. The summed E-state index contributed by atoms with van der Waals surface area (Å²) in [6.45, 7) is 0. The predicted molar refractivity (Wildman–Crippen MR) is 72.5 cm³/mol. The molecule has 0 saturated carbocycles. The highest BCUT2D eigenvalue weighted by atomic mass is 35.5. The smallest absolute Gasteiger partial charge is 0.354 e. The van der Waals surface area contributed by atoms with Gasteiger partial charge in [-0.05, 0) is 12.1 Å². The van der Waals surface area contributed by atoms with Crippen molar-refractivity contribution in [3.8, 4) is 22.9 Å². The number of aromatic carboxylic acids is 1. The van der Waals surface area contributed by atoms with Crippen LogP contribution in [0.5, 0.6) is 11.5 Å². The maximum atomic E-state index is 11.0. The number of carbonyl (C=O) groups is 1. The number of benzene rings is 1. The van der Waals surface area contributed by atoms with Crippen LogP contribution in [0.3, 0.4) is 0 Å². The summed E-state index contributed by atoms with van der Waals surface area (Å²) in [5, 5.41) is 9.04. The van der Waals surface area contributed by atoms with Crippen LogP contribution < -0.4 is 9.47 Å². The highest BCUT2D eigenvalue weighted by Gasteiger charge is 2.15. The summed E-state index contributed by atoms with van der Waals surface area (Å²) in [7, 11) is 3.02. The molecular weight excluding hydrogens is 284 g/mol. The van der Waals surface area contributed by atoms with Crippen LogP contribution in [0, 0.1) is 0 Å². The summed E-state index contributed by atoms with van der Waals surface area (Å²) in [6.07, 6.45) is 0. The first-order valence-corrected chi connectivity index (χ1v) is 5.93. The topological polar surface area (TPSA) is 81.5 Å². The third-order valence-corrected chi connectivity index (χ3v) is 2.76. The van der Waals surface area contributed by atoms with E-state index >= 15 is 0 Å². The van der Waals surface area contributed by atoms with Crippen molar-refractivity contribution in [2.24, 2.45) is 0 Å². The van der Waals surface area contributed by atoms with Gasteiger partial charge in [0.25, 0.3) is 0 Å². The van der Waals surface area contributed by atoms with Crippen LogP contribution in [0.25, 0.3) is 11.4 Å². The highest BCUT2D eigenvalue weighted by molar-refractivity contribution is 6.29. The number of ether oxygens (including phenoxy) is 2. The Morgan fingerprint density at radius 2 is 1.95 bits per heavy atom. The zero-order valence-corrected chi connectivity index (χ0v) is 11.5. The number of carboxylic acid groups (broad SMARTS) is 1. The van der Waals surface area contributed by atoms with E-state index in [1.54, 1.807) is 18.2 Å². The van der Waals surface area contributed by atoms with E-state index in [1.165, 1.54) is 20.3 Å². The summed E-state index contributed by atoms with van der Waals surface area (Å²) in [4.78, 5) is 19.0. The number of nitrogens with zero attached hydrogens (tertiary/aromatic N) is 2. The first kappa shape index (κ1) is 14.1. The van der Waals surface area contributed by atoms with Crippen molar-refractivity contribution in [3.05, 3.63) is 35.1 Å². The maximum Gasteiger partial charge on any atom is 0.354 e. The predicted octanol–water partition coefficient (Wildman–Crippen LogP) is 2.51. The van der Waals surface area contributed by atoms with Crippen LogP contribution in [-0.4, -0.2) is 35.3 Å². The third kappa shape index (κ3) is 2.80. The summed E-state index contributed by atoms with van der Waals surface area (Å²) in [5.74, 6) is 0.0615. The Kier molecular flexibility index (Phi) is 4.05. The molecule has 2 aromatic rings. The van der Waals surface area contributed by atoms with Crippen molar-refractivity contribution < 1.29 is 19.4 Å². The Morgan fingerprint density at radius 1 is 1.20 bits per heavy atom. The average Bonchev–Trinajstić information content (AvgIpc) is 2.45. The van der Waals surface area contributed by atoms with E-state index in [9.17, 15) is 4.79 Å². The fraction of sp³-hybridized carbons (Fsp3) is 0.154. The van der Waals surface area contributed by atoms with Gasteiger partial charge in [-0.2, -0.15) is 0 Å². The number of hydrogen-bond donors (Lipinski definition) is 1. The van der Waals surface area contributed by atoms with Gasteiger partial charge in [-0.3, -0.25) is 0 Å². The second-order valence-electron chi connectivity index (χ2n) is 3.77. The van der Waals surface area contributed by atoms with Crippen LogP contribution in [0.2, 0.25) is 5.15 Å². The molecule has 0 unspecified atom stereocenters. The molecule has 0 radical (unpaired) electrons. The van der Waals surface area contributed by atoms with Gasteiger partial charge < -0.3 is 14.6 Å². The second kappa shape index (κ2) is 5.75. The third-order valence-electron chi connectivity index (χ3n) is 2.56. The molecule has 6 nitrogen and oxygen atoms in total. The van der Waals surface area contributed by atoms with Gasteiger partial charge in [-0.25, -0.2) is 14.8 Å². The van der Waals surface area contributed by atoms with E-state index < -0.39 is 5.97 Å². The van der Waals surface area contributed by atoms with Gasteiger partial charge in [0.15, 0.2) is 11.5 Å². The summed E-state index contributed by atoms with van der Waals surface area (Å²) < 4.78 is 10.3. The summed E-state index contributed by atoms with van der Waals surface area (Å²) in [6, 6.07) is 6.21. The fourth-order valence-electron chi connectivity index (χ4n) is 1.63. The summed E-state index contributed by atoms with van der Waals surface area (Å²) in [5.41, 5.74) is 0.344. The molecule has 0 atom stereocenters. The second-order valence-corrected chi connectivity index (χ2v) is 4.16. The van der Waals surface area contributed by atoms with Crippen LogP contribution in [0.4, 0.5) is 0 Å². The molecule has 2 rings (SSSR count). The molecule has 0 saturated heterocycles. The number of methoxy groups -OCH3 is 2. The van der Waals surface area contributed by atoms with Gasteiger partial charge in [0.05, 0.1) is 19.8 Å². The molecule has 1 N–H and O–H groups in total. The van der Waals surface area contributed by atoms with E-state index in [2.05, 4.69) is 9.97 Å². The van der Waals surface area contributed by atoms with E-state index in [0.717, 1.165) is 0 Å². The van der Waals surface area contributed by atoms with Crippen molar-refractivity contribution in [2.75, 3.05) is 14.2 Å². The normalized spacial score (nSPS) is 10.2. The van der Waals surface area contributed by atoms with E-state index in [4.69, 9.17) is 26.2 Å². The van der Waals surface area contributed by atoms with Gasteiger partial charge >= 0.3 is 5.97 Å². The number of halogens is 1. The SMILES string of the molecule is COc1ccc(-c2nc(Cl)cc(C(=O)O)n2)c(OC)c1. The number of hydrogen-bond acceptors (Lipinski definition) is 5. The zero-order chi connectivity index (χ0) is 14.7. The first-order valence-electron chi connectivity index (χ1n) is 5.55. The van der Waals surface area contributed by atoms with Crippen molar-refractivity contribution in [1.29, 1.82) is 0 Å². The average molecular weight is 295 g/mol. The van der Waals surface area contributed by atoms with Gasteiger partial charge in [-0.15, -0.1) is 0 Å². The Hall–Kier alpha value is -2.34. The van der Waals surface area contributed by atoms with Crippen LogP contribution in [-0.2, 0) is 0 Å².